The van der Waals surface area contributed by atoms with E-state index in [4.69, 9.17) is 4.42 Å². The number of hydrogen-bond donors (Lipinski definition) is 0. The number of anilines is 3. The first-order chi connectivity index (χ1) is 24.5. The van der Waals surface area contributed by atoms with Gasteiger partial charge in [-0.05, 0) is 80.9 Å². The Morgan fingerprint density at radius 1 is 0.520 bits per heavy atom. The third-order valence-corrected chi connectivity index (χ3v) is 12.2. The van der Waals surface area contributed by atoms with Gasteiger partial charge >= 0.3 is 0 Å². The van der Waals surface area contributed by atoms with Gasteiger partial charge in [-0.25, -0.2) is 0 Å². The monoisotopic (exact) mass is 657 g/mol. The second kappa shape index (κ2) is 10.1. The van der Waals surface area contributed by atoms with E-state index in [0.717, 1.165) is 39.0 Å². The molecule has 0 saturated carbocycles. The number of nitrogens with zero attached hydrogens (tertiary/aromatic N) is 1. The molecule has 2 nitrogen and oxygen atoms in total. The molecule has 2 heterocycles. The molecule has 0 bridgehead atoms. The third kappa shape index (κ3) is 3.78. The Morgan fingerprint density at radius 2 is 1.22 bits per heavy atom. The van der Waals surface area contributed by atoms with Crippen LogP contribution in [-0.2, 0) is 5.41 Å². The zero-order valence-corrected chi connectivity index (χ0v) is 28.5. The molecule has 0 N–H and O–H groups in total. The highest BCUT2D eigenvalue weighted by molar-refractivity contribution is 7.26. The summed E-state index contributed by atoms with van der Waals surface area (Å²) < 4.78 is 9.37. The summed E-state index contributed by atoms with van der Waals surface area (Å²) in [6, 6.07) is 55.6. The molecule has 236 valence electrons. The van der Waals surface area contributed by atoms with Crippen LogP contribution < -0.4 is 4.90 Å². The van der Waals surface area contributed by atoms with Gasteiger partial charge in [-0.1, -0.05) is 123 Å². The largest absolute Gasteiger partial charge is 0.454 e. The van der Waals surface area contributed by atoms with Gasteiger partial charge in [-0.3, -0.25) is 0 Å². The lowest BCUT2D eigenvalue weighted by Gasteiger charge is -2.28. The van der Waals surface area contributed by atoms with Crippen LogP contribution in [0.3, 0.4) is 0 Å². The zero-order chi connectivity index (χ0) is 33.1. The predicted molar refractivity (Wildman–Crippen MR) is 214 cm³/mol. The molecule has 0 fully saturated rings. The van der Waals surface area contributed by atoms with E-state index in [1.165, 1.54) is 64.0 Å². The minimum Gasteiger partial charge on any atom is -0.454 e. The van der Waals surface area contributed by atoms with Crippen molar-refractivity contribution >= 4 is 92.1 Å². The van der Waals surface area contributed by atoms with Crippen LogP contribution in [0.15, 0.2) is 156 Å². The van der Waals surface area contributed by atoms with Crippen LogP contribution in [0.1, 0.15) is 25.0 Å². The van der Waals surface area contributed by atoms with Crippen LogP contribution in [0.5, 0.6) is 0 Å². The Morgan fingerprint density at radius 3 is 2.16 bits per heavy atom. The molecule has 11 rings (SSSR count). The van der Waals surface area contributed by atoms with Gasteiger partial charge in [0.15, 0.2) is 5.58 Å². The lowest BCUT2D eigenvalue weighted by atomic mass is 9.82. The smallest absolute Gasteiger partial charge is 0.159 e. The van der Waals surface area contributed by atoms with E-state index in [1.54, 1.807) is 0 Å². The highest BCUT2D eigenvalue weighted by atomic mass is 32.1. The van der Waals surface area contributed by atoms with Gasteiger partial charge in [-0.15, -0.1) is 11.3 Å². The first-order valence-corrected chi connectivity index (χ1v) is 18.1. The van der Waals surface area contributed by atoms with Crippen LogP contribution in [-0.4, -0.2) is 0 Å². The molecule has 0 amide bonds. The zero-order valence-electron chi connectivity index (χ0n) is 27.7. The molecular formula is C47H31NOS. The molecular weight excluding hydrogens is 627 g/mol. The third-order valence-electron chi connectivity index (χ3n) is 11.0. The van der Waals surface area contributed by atoms with Gasteiger partial charge in [0.25, 0.3) is 0 Å². The molecule has 2 aromatic heterocycles. The molecule has 8 aromatic carbocycles. The summed E-state index contributed by atoms with van der Waals surface area (Å²) in [4.78, 5) is 2.41. The van der Waals surface area contributed by atoms with Crippen LogP contribution in [0.2, 0.25) is 0 Å². The van der Waals surface area contributed by atoms with Crippen molar-refractivity contribution in [3.8, 4) is 11.1 Å². The van der Waals surface area contributed by atoms with E-state index in [9.17, 15) is 0 Å². The van der Waals surface area contributed by atoms with Gasteiger partial charge in [0, 0.05) is 53.1 Å². The highest BCUT2D eigenvalue weighted by Gasteiger charge is 2.36. The van der Waals surface area contributed by atoms with E-state index < -0.39 is 0 Å². The van der Waals surface area contributed by atoms with E-state index in [0.29, 0.717) is 0 Å². The fourth-order valence-electron chi connectivity index (χ4n) is 8.61. The summed E-state index contributed by atoms with van der Waals surface area (Å²) in [5.41, 5.74) is 10.3. The summed E-state index contributed by atoms with van der Waals surface area (Å²) in [5, 5.41) is 9.96. The van der Waals surface area contributed by atoms with Crippen molar-refractivity contribution in [3.05, 3.63) is 163 Å². The molecule has 0 radical (unpaired) electrons. The van der Waals surface area contributed by atoms with Crippen molar-refractivity contribution in [1.29, 1.82) is 0 Å². The topological polar surface area (TPSA) is 16.4 Å². The van der Waals surface area contributed by atoms with Gasteiger partial charge in [0.1, 0.15) is 5.58 Å². The summed E-state index contributed by atoms with van der Waals surface area (Å²) in [7, 11) is 0. The summed E-state index contributed by atoms with van der Waals surface area (Å²) >= 11 is 1.90. The minimum atomic E-state index is -0.120. The number of fused-ring (bicyclic) bond motifs is 13. The summed E-state index contributed by atoms with van der Waals surface area (Å²) in [5.74, 6) is 0. The molecule has 50 heavy (non-hydrogen) atoms. The van der Waals surface area contributed by atoms with Crippen molar-refractivity contribution in [2.75, 3.05) is 4.90 Å². The second-order valence-corrected chi connectivity index (χ2v) is 15.1. The number of thiophene rings is 1. The first-order valence-electron chi connectivity index (χ1n) is 17.3. The molecule has 0 spiro atoms. The molecule has 3 heteroatoms. The second-order valence-electron chi connectivity index (χ2n) is 14.1. The molecule has 0 unspecified atom stereocenters. The number of hydrogen-bond acceptors (Lipinski definition) is 3. The van der Waals surface area contributed by atoms with Crippen molar-refractivity contribution in [2.24, 2.45) is 0 Å². The van der Waals surface area contributed by atoms with Crippen molar-refractivity contribution < 1.29 is 4.42 Å². The number of benzene rings is 8. The highest BCUT2D eigenvalue weighted by Crippen LogP contribution is 2.52. The Hall–Kier alpha value is -5.90. The molecule has 1 aliphatic carbocycles. The van der Waals surface area contributed by atoms with Gasteiger partial charge in [0.2, 0.25) is 0 Å². The standard InChI is InChI=1S/C47H31NOS/c1-47(2)39-14-6-3-10-32(39)33-25-23-31(27-40(33)47)48(41-15-9-13-36-34-11-4-7-16-42(34)49-45(36)41)30-22-20-28-18-19-29-21-24-37-35-12-5-8-17-43(35)50-46(37)44(29)38(28)26-30/h3-27H,1-2H3. The van der Waals surface area contributed by atoms with Crippen molar-refractivity contribution in [1.82, 2.24) is 0 Å². The Kier molecular flexibility index (Phi) is 5.64. The van der Waals surface area contributed by atoms with Crippen molar-refractivity contribution in [2.45, 2.75) is 19.3 Å². The molecule has 1 aliphatic rings. The molecule has 0 saturated heterocycles. The first kappa shape index (κ1) is 28.0. The lowest BCUT2D eigenvalue weighted by Crippen LogP contribution is -2.16. The Balaban J connectivity index is 1.21. The van der Waals surface area contributed by atoms with Crippen molar-refractivity contribution in [3.63, 3.8) is 0 Å². The Labute approximate surface area is 293 Å². The maximum Gasteiger partial charge on any atom is 0.159 e. The summed E-state index contributed by atoms with van der Waals surface area (Å²) in [6.07, 6.45) is 0. The SMILES string of the molecule is CC1(C)c2ccccc2-c2ccc(N(c3ccc4ccc5ccc6c7ccccc7sc6c5c4c3)c3cccc4c3oc3ccccc34)cc21. The van der Waals surface area contributed by atoms with E-state index in [2.05, 4.69) is 164 Å². The quantitative estimate of drug-likeness (QED) is 0.176. The Bertz CT molecular complexity index is 3030. The van der Waals surface area contributed by atoms with Gasteiger partial charge < -0.3 is 9.32 Å². The average molecular weight is 658 g/mol. The van der Waals surface area contributed by atoms with Gasteiger partial charge in [-0.2, -0.15) is 0 Å². The van der Waals surface area contributed by atoms with Crippen LogP contribution in [0.4, 0.5) is 17.1 Å². The van der Waals surface area contributed by atoms with E-state index in [-0.39, 0.29) is 5.41 Å². The molecule has 0 atom stereocenters. The van der Waals surface area contributed by atoms with Crippen LogP contribution in [0.25, 0.3) is 74.8 Å². The normalized spacial score (nSPS) is 13.6. The minimum absolute atomic E-state index is 0.120. The number of para-hydroxylation sites is 2. The van der Waals surface area contributed by atoms with E-state index in [1.807, 2.05) is 17.4 Å². The van der Waals surface area contributed by atoms with Gasteiger partial charge in [0.05, 0.1) is 5.69 Å². The lowest BCUT2D eigenvalue weighted by molar-refractivity contribution is 0.660. The average Bonchev–Trinajstić information content (AvgIpc) is 3.80. The van der Waals surface area contributed by atoms with Crippen LogP contribution >= 0.6 is 11.3 Å². The summed E-state index contributed by atoms with van der Waals surface area (Å²) in [6.45, 7) is 4.70. The number of furan rings is 1. The fraction of sp³-hybridized carbons (Fsp3) is 0.0638. The molecule has 10 aromatic rings. The predicted octanol–water partition coefficient (Wildman–Crippen LogP) is 14.0. The fourth-order valence-corrected chi connectivity index (χ4v) is 9.88. The maximum absolute atomic E-state index is 6.70. The van der Waals surface area contributed by atoms with Crippen LogP contribution in [0, 0.1) is 0 Å². The van der Waals surface area contributed by atoms with E-state index >= 15 is 0 Å². The molecule has 0 aliphatic heterocycles. The maximum atomic E-state index is 6.70. The number of rotatable bonds is 3.